The van der Waals surface area contributed by atoms with E-state index in [2.05, 4.69) is 22.1 Å². The molecular formula is C13H17ClFN3S. The third-order valence-electron chi connectivity index (χ3n) is 3.37. The number of benzene rings is 1. The monoisotopic (exact) mass is 301 g/mol. The largest absolute Gasteiger partial charge is 0.314 e. The molecule has 104 valence electrons. The predicted octanol–water partition coefficient (Wildman–Crippen LogP) is 2.65. The summed E-state index contributed by atoms with van der Waals surface area (Å²) in [6, 6.07) is 5.32. The molecule has 0 radical (unpaired) electrons. The van der Waals surface area contributed by atoms with Crippen molar-refractivity contribution in [2.45, 2.75) is 19.5 Å². The van der Waals surface area contributed by atoms with E-state index >= 15 is 0 Å². The van der Waals surface area contributed by atoms with Crippen molar-refractivity contribution in [3.8, 4) is 0 Å². The average Bonchev–Trinajstić information content (AvgIpc) is 2.73. The summed E-state index contributed by atoms with van der Waals surface area (Å²) in [6.07, 6.45) is 0. The molecular weight excluding hydrogens is 285 g/mol. The van der Waals surface area contributed by atoms with Gasteiger partial charge in [0.15, 0.2) is 0 Å². The Kier molecular flexibility index (Phi) is 4.73. The van der Waals surface area contributed by atoms with Crippen LogP contribution in [-0.4, -0.2) is 35.6 Å². The zero-order valence-corrected chi connectivity index (χ0v) is 12.4. The van der Waals surface area contributed by atoms with Crippen LogP contribution in [0.15, 0.2) is 18.2 Å². The third kappa shape index (κ3) is 3.23. The van der Waals surface area contributed by atoms with Crippen molar-refractivity contribution < 1.29 is 4.39 Å². The minimum absolute atomic E-state index is 0. The molecule has 1 unspecified atom stereocenters. The number of rotatable bonds is 2. The van der Waals surface area contributed by atoms with Crippen molar-refractivity contribution in [3.63, 3.8) is 0 Å². The summed E-state index contributed by atoms with van der Waals surface area (Å²) in [7, 11) is 0. The van der Waals surface area contributed by atoms with Gasteiger partial charge in [0.1, 0.15) is 10.8 Å². The third-order valence-corrected chi connectivity index (χ3v) is 4.37. The lowest BCUT2D eigenvalue weighted by Gasteiger charge is -2.33. The second kappa shape index (κ2) is 6.13. The maximum Gasteiger partial charge on any atom is 0.124 e. The SMILES string of the molecule is CC1CNCCN1Cc1nc2ccc(F)cc2s1.Cl. The highest BCUT2D eigenvalue weighted by molar-refractivity contribution is 7.18. The summed E-state index contributed by atoms with van der Waals surface area (Å²) in [5, 5.41) is 4.45. The molecule has 0 bridgehead atoms. The molecule has 1 aromatic carbocycles. The summed E-state index contributed by atoms with van der Waals surface area (Å²) in [5.74, 6) is -0.187. The first-order chi connectivity index (χ1) is 8.72. The minimum atomic E-state index is -0.187. The molecule has 6 heteroatoms. The number of thiazole rings is 1. The van der Waals surface area contributed by atoms with Crippen LogP contribution in [0.25, 0.3) is 10.2 Å². The Balaban J connectivity index is 0.00000133. The Morgan fingerprint density at radius 2 is 2.37 bits per heavy atom. The van der Waals surface area contributed by atoms with Gasteiger partial charge in [-0.2, -0.15) is 0 Å². The molecule has 0 amide bonds. The number of piperazine rings is 1. The van der Waals surface area contributed by atoms with Gasteiger partial charge in [-0.3, -0.25) is 4.90 Å². The van der Waals surface area contributed by atoms with Crippen molar-refractivity contribution >= 4 is 34.0 Å². The van der Waals surface area contributed by atoms with Gasteiger partial charge in [0.25, 0.3) is 0 Å². The maximum atomic E-state index is 13.1. The van der Waals surface area contributed by atoms with Crippen LogP contribution in [0.5, 0.6) is 0 Å². The van der Waals surface area contributed by atoms with Gasteiger partial charge in [-0.25, -0.2) is 9.37 Å². The van der Waals surface area contributed by atoms with E-state index in [0.717, 1.165) is 41.4 Å². The molecule has 1 aliphatic heterocycles. The van der Waals surface area contributed by atoms with E-state index in [-0.39, 0.29) is 18.2 Å². The van der Waals surface area contributed by atoms with Crippen molar-refractivity contribution in [1.29, 1.82) is 0 Å². The number of nitrogens with zero attached hydrogens (tertiary/aromatic N) is 2. The van der Waals surface area contributed by atoms with Crippen LogP contribution in [0.3, 0.4) is 0 Å². The van der Waals surface area contributed by atoms with Crippen LogP contribution in [0.2, 0.25) is 0 Å². The van der Waals surface area contributed by atoms with Gasteiger partial charge in [0.2, 0.25) is 0 Å². The zero-order chi connectivity index (χ0) is 12.5. The molecule has 3 rings (SSSR count). The summed E-state index contributed by atoms with van der Waals surface area (Å²) < 4.78 is 14.1. The van der Waals surface area contributed by atoms with Crippen LogP contribution < -0.4 is 5.32 Å². The Hall–Kier alpha value is -0.750. The average molecular weight is 302 g/mol. The number of fused-ring (bicyclic) bond motifs is 1. The van der Waals surface area contributed by atoms with E-state index in [0.29, 0.717) is 6.04 Å². The Labute approximate surface area is 122 Å². The van der Waals surface area contributed by atoms with E-state index in [1.54, 1.807) is 23.5 Å². The standard InChI is InChI=1S/C13H16FN3S.ClH/c1-9-7-15-4-5-17(9)8-13-16-11-3-2-10(14)6-12(11)18-13;/h2-3,6,9,15H,4-5,7-8H2,1H3;1H. The molecule has 1 aromatic heterocycles. The van der Waals surface area contributed by atoms with Crippen LogP contribution in [-0.2, 0) is 6.54 Å². The smallest absolute Gasteiger partial charge is 0.124 e. The molecule has 0 spiro atoms. The first-order valence-corrected chi connectivity index (χ1v) is 7.04. The summed E-state index contributed by atoms with van der Waals surface area (Å²) in [5.41, 5.74) is 0.902. The first kappa shape index (κ1) is 14.7. The normalized spacial score (nSPS) is 20.4. The molecule has 0 aliphatic carbocycles. The molecule has 3 nitrogen and oxygen atoms in total. The van der Waals surface area contributed by atoms with E-state index in [9.17, 15) is 4.39 Å². The number of hydrogen-bond donors (Lipinski definition) is 1. The molecule has 19 heavy (non-hydrogen) atoms. The Morgan fingerprint density at radius 3 is 3.16 bits per heavy atom. The second-order valence-corrected chi connectivity index (χ2v) is 5.86. The molecule has 1 N–H and O–H groups in total. The predicted molar refractivity (Wildman–Crippen MR) is 79.6 cm³/mol. The molecule has 1 fully saturated rings. The second-order valence-electron chi connectivity index (χ2n) is 4.74. The summed E-state index contributed by atoms with van der Waals surface area (Å²) >= 11 is 1.59. The molecule has 2 heterocycles. The number of hydrogen-bond acceptors (Lipinski definition) is 4. The number of aromatic nitrogens is 1. The zero-order valence-electron chi connectivity index (χ0n) is 10.7. The van der Waals surface area contributed by atoms with Crippen molar-refractivity contribution in [1.82, 2.24) is 15.2 Å². The van der Waals surface area contributed by atoms with Gasteiger partial charge < -0.3 is 5.32 Å². The van der Waals surface area contributed by atoms with E-state index < -0.39 is 0 Å². The van der Waals surface area contributed by atoms with Crippen LogP contribution >= 0.6 is 23.7 Å². The molecule has 1 saturated heterocycles. The minimum Gasteiger partial charge on any atom is -0.314 e. The maximum absolute atomic E-state index is 13.1. The summed E-state index contributed by atoms with van der Waals surface area (Å²) in [4.78, 5) is 6.99. The number of halogens is 2. The van der Waals surface area contributed by atoms with Crippen molar-refractivity contribution in [2.24, 2.45) is 0 Å². The molecule has 2 aromatic rings. The highest BCUT2D eigenvalue weighted by atomic mass is 35.5. The fraction of sp³-hybridized carbons (Fsp3) is 0.462. The van der Waals surface area contributed by atoms with Gasteiger partial charge in [-0.1, -0.05) is 0 Å². The van der Waals surface area contributed by atoms with Crippen molar-refractivity contribution in [2.75, 3.05) is 19.6 Å². The van der Waals surface area contributed by atoms with Gasteiger partial charge in [-0.05, 0) is 25.1 Å². The summed E-state index contributed by atoms with van der Waals surface area (Å²) in [6.45, 7) is 6.19. The molecule has 1 atom stereocenters. The van der Waals surface area contributed by atoms with Gasteiger partial charge in [-0.15, -0.1) is 23.7 Å². The lowest BCUT2D eigenvalue weighted by atomic mass is 10.2. The van der Waals surface area contributed by atoms with E-state index in [1.807, 2.05) is 0 Å². The van der Waals surface area contributed by atoms with Crippen LogP contribution in [0.4, 0.5) is 4.39 Å². The lowest BCUT2D eigenvalue weighted by molar-refractivity contribution is 0.165. The Morgan fingerprint density at radius 1 is 1.53 bits per heavy atom. The highest BCUT2D eigenvalue weighted by Gasteiger charge is 2.19. The molecule has 1 aliphatic rings. The van der Waals surface area contributed by atoms with Gasteiger partial charge in [0, 0.05) is 25.7 Å². The van der Waals surface area contributed by atoms with Gasteiger partial charge >= 0.3 is 0 Å². The number of nitrogens with one attached hydrogen (secondary N) is 1. The lowest BCUT2D eigenvalue weighted by Crippen LogP contribution is -2.49. The van der Waals surface area contributed by atoms with Crippen LogP contribution in [0, 0.1) is 5.82 Å². The highest BCUT2D eigenvalue weighted by Crippen LogP contribution is 2.24. The molecule has 0 saturated carbocycles. The van der Waals surface area contributed by atoms with E-state index in [4.69, 9.17) is 0 Å². The van der Waals surface area contributed by atoms with Crippen LogP contribution in [0.1, 0.15) is 11.9 Å². The Bertz CT molecular complexity index is 560. The van der Waals surface area contributed by atoms with Gasteiger partial charge in [0.05, 0.1) is 16.8 Å². The fourth-order valence-corrected chi connectivity index (χ4v) is 3.32. The first-order valence-electron chi connectivity index (χ1n) is 6.22. The van der Waals surface area contributed by atoms with Crippen molar-refractivity contribution in [3.05, 3.63) is 29.0 Å². The fourth-order valence-electron chi connectivity index (χ4n) is 2.31. The van der Waals surface area contributed by atoms with E-state index in [1.165, 1.54) is 6.07 Å². The topological polar surface area (TPSA) is 28.2 Å². The quantitative estimate of drug-likeness (QED) is 0.924.